The molecule has 1 aromatic heterocycles. The Balaban J connectivity index is 1.44. The minimum absolute atomic E-state index is 0.879. The van der Waals surface area contributed by atoms with Gasteiger partial charge in [0, 0.05) is 10.9 Å². The van der Waals surface area contributed by atoms with Gasteiger partial charge in [-0.3, -0.25) is 0 Å². The molecular formula is C27H18N6. The fourth-order valence-electron chi connectivity index (χ4n) is 4.30. The molecule has 5 aliphatic rings. The Labute approximate surface area is 189 Å². The van der Waals surface area contributed by atoms with E-state index in [0.29, 0.717) is 0 Å². The van der Waals surface area contributed by atoms with Gasteiger partial charge in [0.05, 0.1) is 51.0 Å². The molecule has 6 heterocycles. The molecule has 6 heteroatoms. The van der Waals surface area contributed by atoms with Gasteiger partial charge in [-0.25, -0.2) is 15.0 Å². The number of aromatic amines is 1. The van der Waals surface area contributed by atoms with Crippen molar-refractivity contribution in [3.63, 3.8) is 0 Å². The smallest absolute Gasteiger partial charge is 0.117 e. The molecule has 0 spiro atoms. The normalized spacial score (nSPS) is 19.1. The van der Waals surface area contributed by atoms with Gasteiger partial charge in [-0.15, -0.1) is 0 Å². The van der Waals surface area contributed by atoms with E-state index in [1.807, 2.05) is 66.8 Å². The van der Waals surface area contributed by atoms with Gasteiger partial charge < -0.3 is 15.6 Å². The lowest BCUT2D eigenvalue weighted by Crippen LogP contribution is -2.29. The first-order valence-electron chi connectivity index (χ1n) is 10.8. The van der Waals surface area contributed by atoms with Crippen molar-refractivity contribution in [2.75, 3.05) is 10.6 Å². The molecule has 0 fully saturated rings. The van der Waals surface area contributed by atoms with Gasteiger partial charge in [0.25, 0.3) is 0 Å². The summed E-state index contributed by atoms with van der Waals surface area (Å²) in [6.45, 7) is 0. The average Bonchev–Trinajstić information content (AvgIpc) is 3.61. The van der Waals surface area contributed by atoms with E-state index in [0.717, 1.165) is 67.7 Å². The van der Waals surface area contributed by atoms with Gasteiger partial charge in [-0.1, -0.05) is 12.1 Å². The number of aliphatic imine (C=N–C) groups is 3. The zero-order chi connectivity index (χ0) is 21.8. The fraction of sp³-hybridized carbons (Fsp3) is 0. The molecule has 0 atom stereocenters. The Kier molecular flexibility index (Phi) is 3.75. The second-order valence-corrected chi connectivity index (χ2v) is 8.18. The molecule has 8 bridgehead atoms. The molecule has 0 amide bonds. The van der Waals surface area contributed by atoms with Crippen LogP contribution in [0.3, 0.4) is 0 Å². The van der Waals surface area contributed by atoms with E-state index in [1.54, 1.807) is 0 Å². The molecule has 3 N–H and O–H groups in total. The summed E-state index contributed by atoms with van der Waals surface area (Å²) in [6, 6.07) is 10.3. The molecule has 5 aliphatic heterocycles. The lowest BCUT2D eigenvalue weighted by Gasteiger charge is -1.97. The molecule has 0 saturated heterocycles. The number of nitrogens with zero attached hydrogens (tertiary/aromatic N) is 3. The molecule has 0 saturated carbocycles. The van der Waals surface area contributed by atoms with Crippen molar-refractivity contribution in [1.82, 2.24) is 4.98 Å². The highest BCUT2D eigenvalue weighted by molar-refractivity contribution is 6.20. The van der Waals surface area contributed by atoms with E-state index in [4.69, 9.17) is 9.98 Å². The topological polar surface area (TPSA) is 76.9 Å². The van der Waals surface area contributed by atoms with Crippen LogP contribution in [0.5, 0.6) is 0 Å². The number of fused-ring (bicyclic) bond motifs is 6. The first kappa shape index (κ1) is 17.9. The van der Waals surface area contributed by atoms with Crippen LogP contribution >= 0.6 is 0 Å². The van der Waals surface area contributed by atoms with Crippen molar-refractivity contribution in [3.05, 3.63) is 112 Å². The van der Waals surface area contributed by atoms with Crippen molar-refractivity contribution >= 4 is 46.5 Å². The molecular weight excluding hydrogens is 408 g/mol. The molecule has 7 rings (SSSR count). The number of rotatable bonds is 0. The summed E-state index contributed by atoms with van der Waals surface area (Å²) in [5, 5.41) is 9.00. The van der Waals surface area contributed by atoms with Crippen LogP contribution in [-0.4, -0.2) is 22.1 Å². The van der Waals surface area contributed by atoms with Crippen molar-refractivity contribution in [2.24, 2.45) is 15.0 Å². The quantitative estimate of drug-likeness (QED) is 0.603. The van der Waals surface area contributed by atoms with Crippen molar-refractivity contribution in [1.29, 1.82) is 0 Å². The average molecular weight is 426 g/mol. The third kappa shape index (κ3) is 3.25. The van der Waals surface area contributed by atoms with E-state index in [-0.39, 0.29) is 0 Å². The zero-order valence-electron chi connectivity index (χ0n) is 17.5. The third-order valence-corrected chi connectivity index (χ3v) is 5.82. The Morgan fingerprint density at radius 3 is 1.73 bits per heavy atom. The SMILES string of the molecule is C1=CC2=NC1=CC1=NC(=Cc3cc(=C4Nc5ccccc5N4)c([nH]3)=CC3=NC(=C2)C=C3)C=C1. The minimum Gasteiger partial charge on any atom is -0.355 e. The minimum atomic E-state index is 0.879. The van der Waals surface area contributed by atoms with Crippen LogP contribution in [0, 0.1) is 0 Å². The molecule has 0 unspecified atom stereocenters. The zero-order valence-corrected chi connectivity index (χ0v) is 17.5. The second kappa shape index (κ2) is 6.90. The van der Waals surface area contributed by atoms with Crippen molar-refractivity contribution in [3.8, 4) is 0 Å². The predicted octanol–water partition coefficient (Wildman–Crippen LogP) is 3.55. The first-order valence-corrected chi connectivity index (χ1v) is 10.8. The van der Waals surface area contributed by atoms with Gasteiger partial charge in [0.15, 0.2) is 0 Å². The van der Waals surface area contributed by atoms with Crippen LogP contribution < -0.4 is 21.2 Å². The number of H-pyrrole nitrogens is 1. The Hall–Kier alpha value is -4.71. The van der Waals surface area contributed by atoms with Crippen molar-refractivity contribution < 1.29 is 0 Å². The number of hydrogen-bond donors (Lipinski definition) is 3. The molecule has 0 aliphatic carbocycles. The standard InChI is InChI=1S/C27H18N6/c1-2-4-25-24(3-1)32-27(33-25)23-14-22-13-20-8-7-18(29-20)11-16-5-6-17(28-16)12-19-9-10-21(30-19)15-26(23)31-22/h1-15,31-33H. The highest BCUT2D eigenvalue weighted by atomic mass is 15.2. The summed E-state index contributed by atoms with van der Waals surface area (Å²) in [5.41, 5.74) is 8.39. The number of aromatic nitrogens is 1. The van der Waals surface area contributed by atoms with Crippen LogP contribution in [-0.2, 0) is 0 Å². The number of hydrogen-bond acceptors (Lipinski definition) is 5. The van der Waals surface area contributed by atoms with Gasteiger partial charge in [0.1, 0.15) is 5.82 Å². The third-order valence-electron chi connectivity index (χ3n) is 5.82. The number of anilines is 2. The molecule has 6 nitrogen and oxygen atoms in total. The lowest BCUT2D eigenvalue weighted by atomic mass is 10.2. The number of allylic oxidation sites excluding steroid dienone is 8. The fourth-order valence-corrected chi connectivity index (χ4v) is 4.30. The monoisotopic (exact) mass is 426 g/mol. The predicted molar refractivity (Wildman–Crippen MR) is 135 cm³/mol. The number of para-hydroxylation sites is 2. The van der Waals surface area contributed by atoms with Crippen LogP contribution in [0.1, 0.15) is 5.69 Å². The highest BCUT2D eigenvalue weighted by Crippen LogP contribution is 2.29. The van der Waals surface area contributed by atoms with Gasteiger partial charge in [0.2, 0.25) is 0 Å². The summed E-state index contributed by atoms with van der Waals surface area (Å²) in [7, 11) is 0. The number of benzene rings is 1. The van der Waals surface area contributed by atoms with Crippen LogP contribution in [0.4, 0.5) is 11.4 Å². The largest absolute Gasteiger partial charge is 0.355 e. The Morgan fingerprint density at radius 1 is 0.576 bits per heavy atom. The molecule has 0 radical (unpaired) electrons. The summed E-state index contributed by atoms with van der Waals surface area (Å²) >= 11 is 0. The summed E-state index contributed by atoms with van der Waals surface area (Å²) in [5.74, 6) is 0.937. The second-order valence-electron chi connectivity index (χ2n) is 8.18. The first-order chi connectivity index (χ1) is 16.2. The summed E-state index contributed by atoms with van der Waals surface area (Å²) < 4.78 is 0. The lowest BCUT2D eigenvalue weighted by molar-refractivity contribution is 1.28. The molecule has 156 valence electrons. The maximum Gasteiger partial charge on any atom is 0.117 e. The van der Waals surface area contributed by atoms with Gasteiger partial charge >= 0.3 is 0 Å². The van der Waals surface area contributed by atoms with Crippen LogP contribution in [0.15, 0.2) is 111 Å². The maximum absolute atomic E-state index is 4.77. The van der Waals surface area contributed by atoms with Crippen LogP contribution in [0.2, 0.25) is 0 Å². The van der Waals surface area contributed by atoms with Gasteiger partial charge in [-0.2, -0.15) is 0 Å². The van der Waals surface area contributed by atoms with E-state index in [1.165, 1.54) is 0 Å². The Bertz CT molecular complexity index is 1620. The highest BCUT2D eigenvalue weighted by Gasteiger charge is 2.15. The molecule has 1 aromatic carbocycles. The van der Waals surface area contributed by atoms with E-state index in [9.17, 15) is 0 Å². The summed E-state index contributed by atoms with van der Waals surface area (Å²) in [6.07, 6.45) is 20.2. The molecule has 33 heavy (non-hydrogen) atoms. The van der Waals surface area contributed by atoms with E-state index in [2.05, 4.69) is 44.9 Å². The summed E-state index contributed by atoms with van der Waals surface area (Å²) in [4.78, 5) is 17.7. The van der Waals surface area contributed by atoms with Crippen molar-refractivity contribution in [2.45, 2.75) is 0 Å². The Morgan fingerprint density at radius 2 is 1.12 bits per heavy atom. The molecule has 2 aromatic rings. The van der Waals surface area contributed by atoms with Crippen LogP contribution in [0.25, 0.3) is 18.0 Å². The van der Waals surface area contributed by atoms with E-state index >= 15 is 0 Å². The van der Waals surface area contributed by atoms with E-state index < -0.39 is 0 Å². The maximum atomic E-state index is 4.77. The van der Waals surface area contributed by atoms with Gasteiger partial charge in [-0.05, 0) is 79.0 Å². The number of nitrogens with one attached hydrogen (secondary N) is 3.